The average molecular weight is 435 g/mol. The first-order chi connectivity index (χ1) is 15.1. The lowest BCUT2D eigenvalue weighted by molar-refractivity contribution is 0.108. The number of carbonyl (C=O) groups excluding carboxylic acids is 1. The van der Waals surface area contributed by atoms with Crippen LogP contribution in [0.2, 0.25) is 5.02 Å². The molecule has 8 heteroatoms. The van der Waals surface area contributed by atoms with Crippen LogP contribution in [0.5, 0.6) is 0 Å². The van der Waals surface area contributed by atoms with E-state index in [1.165, 1.54) is 0 Å². The van der Waals surface area contributed by atoms with Crippen LogP contribution in [0.15, 0.2) is 67.0 Å². The lowest BCUT2D eigenvalue weighted by atomic mass is 10.1. The van der Waals surface area contributed by atoms with Crippen molar-refractivity contribution < 1.29 is 4.79 Å². The van der Waals surface area contributed by atoms with E-state index in [2.05, 4.69) is 33.5 Å². The van der Waals surface area contributed by atoms with E-state index in [-0.39, 0.29) is 12.1 Å². The predicted molar refractivity (Wildman–Crippen MR) is 119 cm³/mol. The number of hydrogen-bond donors (Lipinski definition) is 1. The van der Waals surface area contributed by atoms with Crippen molar-refractivity contribution in [2.24, 2.45) is 0 Å². The summed E-state index contributed by atoms with van der Waals surface area (Å²) < 4.78 is 1.72. The van der Waals surface area contributed by atoms with Crippen LogP contribution in [-0.4, -0.2) is 51.3 Å². The number of nitrogens with zero attached hydrogens (tertiary/aromatic N) is 5. The van der Waals surface area contributed by atoms with Crippen LogP contribution in [0.1, 0.15) is 11.1 Å². The zero-order chi connectivity index (χ0) is 21.6. The Bertz CT molecular complexity index is 1080. The van der Waals surface area contributed by atoms with Gasteiger partial charge < -0.3 is 10.2 Å². The topological polar surface area (TPSA) is 77.2 Å². The first-order valence-electron chi connectivity index (χ1n) is 10.1. The summed E-state index contributed by atoms with van der Waals surface area (Å²) in [4.78, 5) is 16.5. The molecule has 2 aromatic carbocycles. The van der Waals surface area contributed by atoms with Crippen molar-refractivity contribution in [2.45, 2.75) is 19.1 Å². The molecule has 2 heterocycles. The number of amides is 2. The molecule has 1 N–H and O–H groups in total. The highest BCUT2D eigenvalue weighted by molar-refractivity contribution is 6.30. The Balaban J connectivity index is 1.31. The molecule has 31 heavy (non-hydrogen) atoms. The van der Waals surface area contributed by atoms with Gasteiger partial charge in [0.2, 0.25) is 0 Å². The molecule has 2 amide bonds. The van der Waals surface area contributed by atoms with Crippen molar-refractivity contribution in [3.8, 4) is 11.8 Å². The molecule has 0 spiro atoms. The highest BCUT2D eigenvalue weighted by Crippen LogP contribution is 2.16. The van der Waals surface area contributed by atoms with Crippen molar-refractivity contribution in [2.75, 3.05) is 19.6 Å². The number of aromatic nitrogens is 2. The number of rotatable bonds is 5. The van der Waals surface area contributed by atoms with E-state index in [4.69, 9.17) is 11.6 Å². The van der Waals surface area contributed by atoms with E-state index in [0.717, 1.165) is 16.8 Å². The maximum Gasteiger partial charge on any atom is 0.317 e. The second-order valence-electron chi connectivity index (χ2n) is 7.48. The van der Waals surface area contributed by atoms with E-state index in [1.807, 2.05) is 48.7 Å². The van der Waals surface area contributed by atoms with Crippen LogP contribution < -0.4 is 5.32 Å². The molecule has 1 unspecified atom stereocenters. The zero-order valence-corrected chi connectivity index (χ0v) is 17.7. The van der Waals surface area contributed by atoms with Crippen LogP contribution in [-0.2, 0) is 13.1 Å². The molecule has 4 rings (SSSR count). The third-order valence-electron chi connectivity index (χ3n) is 5.31. The first-order valence-corrected chi connectivity index (χ1v) is 10.5. The van der Waals surface area contributed by atoms with Crippen LogP contribution in [0.25, 0.3) is 5.69 Å². The number of nitrogens with one attached hydrogen (secondary N) is 1. The first kappa shape index (κ1) is 20.9. The summed E-state index contributed by atoms with van der Waals surface area (Å²) in [5.74, 6) is 0. The van der Waals surface area contributed by atoms with Gasteiger partial charge >= 0.3 is 6.03 Å². The second-order valence-corrected chi connectivity index (χ2v) is 7.92. The molecule has 158 valence electrons. The van der Waals surface area contributed by atoms with Gasteiger partial charge in [-0.3, -0.25) is 4.90 Å². The molecule has 1 atom stereocenters. The second kappa shape index (κ2) is 9.65. The van der Waals surface area contributed by atoms with Gasteiger partial charge in [-0.25, -0.2) is 9.48 Å². The molecular formula is C23H23ClN6O. The highest BCUT2D eigenvalue weighted by Gasteiger charge is 2.29. The Kier molecular flexibility index (Phi) is 6.51. The van der Waals surface area contributed by atoms with Crippen molar-refractivity contribution in [3.05, 3.63) is 83.1 Å². The van der Waals surface area contributed by atoms with E-state index >= 15 is 0 Å². The maximum atomic E-state index is 12.7. The van der Waals surface area contributed by atoms with Gasteiger partial charge in [0.25, 0.3) is 0 Å². The normalized spacial score (nSPS) is 16.6. The van der Waals surface area contributed by atoms with Gasteiger partial charge in [-0.15, -0.1) is 0 Å². The Morgan fingerprint density at radius 2 is 2.00 bits per heavy atom. The van der Waals surface area contributed by atoms with E-state index in [1.54, 1.807) is 15.8 Å². The van der Waals surface area contributed by atoms with E-state index in [9.17, 15) is 10.1 Å². The maximum absolute atomic E-state index is 12.7. The average Bonchev–Trinajstić information content (AvgIpc) is 3.27. The lowest BCUT2D eigenvalue weighted by Crippen LogP contribution is -2.55. The highest BCUT2D eigenvalue weighted by atomic mass is 35.5. The van der Waals surface area contributed by atoms with Gasteiger partial charge in [-0.2, -0.15) is 10.4 Å². The third-order valence-corrected chi connectivity index (χ3v) is 5.54. The molecule has 7 nitrogen and oxygen atoms in total. The fourth-order valence-corrected chi connectivity index (χ4v) is 3.82. The molecule has 1 aliphatic heterocycles. The predicted octanol–water partition coefficient (Wildman–Crippen LogP) is 3.45. The minimum Gasteiger partial charge on any atom is -0.334 e. The fourth-order valence-electron chi connectivity index (χ4n) is 3.64. The molecule has 1 fully saturated rings. The van der Waals surface area contributed by atoms with Gasteiger partial charge in [0.05, 0.1) is 24.5 Å². The van der Waals surface area contributed by atoms with Crippen LogP contribution >= 0.6 is 11.6 Å². The van der Waals surface area contributed by atoms with Crippen molar-refractivity contribution in [1.29, 1.82) is 5.26 Å². The molecular weight excluding hydrogens is 412 g/mol. The van der Waals surface area contributed by atoms with Crippen molar-refractivity contribution in [3.63, 3.8) is 0 Å². The zero-order valence-electron chi connectivity index (χ0n) is 17.0. The quantitative estimate of drug-likeness (QED) is 0.667. The SMILES string of the molecule is N#CC1CN(C(=O)NCc2cnn(-c3cccc(Cl)c3)c2)CCN1Cc1ccccc1. The number of piperazine rings is 1. The van der Waals surface area contributed by atoms with Crippen molar-refractivity contribution in [1.82, 2.24) is 24.9 Å². The summed E-state index contributed by atoms with van der Waals surface area (Å²) >= 11 is 6.04. The van der Waals surface area contributed by atoms with Gasteiger partial charge in [-0.05, 0) is 23.8 Å². The number of urea groups is 1. The fraction of sp³-hybridized carbons (Fsp3) is 0.261. The number of carbonyl (C=O) groups is 1. The summed E-state index contributed by atoms with van der Waals surface area (Å²) in [6.45, 7) is 2.70. The molecule has 1 aliphatic rings. The summed E-state index contributed by atoms with van der Waals surface area (Å²) in [6, 6.07) is 19.3. The Labute approximate surface area is 186 Å². The summed E-state index contributed by atoms with van der Waals surface area (Å²) in [6.07, 6.45) is 3.58. The molecule has 3 aromatic rings. The van der Waals surface area contributed by atoms with E-state index in [0.29, 0.717) is 37.7 Å². The third kappa shape index (κ3) is 5.23. The number of nitriles is 1. The molecule has 0 saturated carbocycles. The molecule has 1 aromatic heterocycles. The summed E-state index contributed by atoms with van der Waals surface area (Å²) in [7, 11) is 0. The number of hydrogen-bond acceptors (Lipinski definition) is 4. The minimum absolute atomic E-state index is 0.171. The van der Waals surface area contributed by atoms with Gasteiger partial charge in [-0.1, -0.05) is 48.0 Å². The Morgan fingerprint density at radius 3 is 2.77 bits per heavy atom. The Morgan fingerprint density at radius 1 is 1.16 bits per heavy atom. The van der Waals surface area contributed by atoms with Gasteiger partial charge in [0, 0.05) is 43.0 Å². The van der Waals surface area contributed by atoms with Gasteiger partial charge in [0.1, 0.15) is 6.04 Å². The number of halogens is 1. The largest absolute Gasteiger partial charge is 0.334 e. The van der Waals surface area contributed by atoms with Gasteiger partial charge in [0.15, 0.2) is 0 Å². The minimum atomic E-state index is -0.328. The summed E-state index contributed by atoms with van der Waals surface area (Å²) in [5, 5.41) is 17.5. The molecule has 1 saturated heterocycles. The van der Waals surface area contributed by atoms with Crippen LogP contribution in [0.4, 0.5) is 4.79 Å². The Hall–Kier alpha value is -3.34. The van der Waals surface area contributed by atoms with E-state index < -0.39 is 0 Å². The molecule has 0 radical (unpaired) electrons. The number of benzene rings is 2. The lowest BCUT2D eigenvalue weighted by Gasteiger charge is -2.38. The monoisotopic (exact) mass is 434 g/mol. The molecule has 0 aliphatic carbocycles. The molecule has 0 bridgehead atoms. The smallest absolute Gasteiger partial charge is 0.317 e. The van der Waals surface area contributed by atoms with Crippen molar-refractivity contribution >= 4 is 17.6 Å². The standard InChI is InChI=1S/C23H23ClN6O/c24-20-7-4-8-21(11-20)30-16-19(14-27-30)13-26-23(31)29-10-9-28(22(12-25)17-29)15-18-5-2-1-3-6-18/h1-8,11,14,16,22H,9-10,13,15,17H2,(H,26,31). The summed E-state index contributed by atoms with van der Waals surface area (Å²) in [5.41, 5.74) is 2.90. The van der Waals surface area contributed by atoms with Crippen LogP contribution in [0, 0.1) is 11.3 Å². The van der Waals surface area contributed by atoms with Crippen LogP contribution in [0.3, 0.4) is 0 Å².